The predicted molar refractivity (Wildman–Crippen MR) is 98.4 cm³/mol. The van der Waals surface area contributed by atoms with Gasteiger partial charge in [0, 0.05) is 0 Å². The molecule has 4 fully saturated rings. The molecule has 1 aliphatic carbocycles. The second-order valence-corrected chi connectivity index (χ2v) is 19.8. The van der Waals surface area contributed by atoms with Crippen LogP contribution in [0.3, 0.4) is 0 Å². The Morgan fingerprint density at radius 1 is 0.455 bits per heavy atom. The van der Waals surface area contributed by atoms with Gasteiger partial charge in [-0.25, -0.2) is 0 Å². The van der Waals surface area contributed by atoms with E-state index in [0.717, 1.165) is 0 Å². The van der Waals surface area contributed by atoms with E-state index in [-0.39, 0.29) is 0 Å². The Kier molecular flexibility index (Phi) is 6.70. The van der Waals surface area contributed by atoms with Gasteiger partial charge in [0.1, 0.15) is 63.6 Å². The molecule has 24 heteroatoms. The van der Waals surface area contributed by atoms with Crippen molar-refractivity contribution in [3.05, 3.63) is 0 Å². The van der Waals surface area contributed by atoms with E-state index in [1.807, 2.05) is 0 Å². The van der Waals surface area contributed by atoms with Crippen LogP contribution < -0.4 is 9.79 Å². The average molecular weight is 598 g/mol. The zero-order valence-electron chi connectivity index (χ0n) is 15.8. The van der Waals surface area contributed by atoms with E-state index >= 15 is 0 Å². The minimum Gasteiger partial charge on any atom is -0.778 e. The van der Waals surface area contributed by atoms with Gasteiger partial charge >= 0.3 is 30.4 Å². The summed E-state index contributed by atoms with van der Waals surface area (Å²) in [5.41, 5.74) is 0. The first kappa shape index (κ1) is 26.9. The van der Waals surface area contributed by atoms with Crippen molar-refractivity contribution in [3.63, 3.8) is 0 Å². The van der Waals surface area contributed by atoms with E-state index in [9.17, 15) is 56.8 Å². The molecular formula is C9H16O18P6-2. The third-order valence-electron chi connectivity index (χ3n) is 4.71. The second kappa shape index (κ2) is 8.20. The molecule has 0 bridgehead atoms. The molecule has 3 aliphatic heterocycles. The highest BCUT2D eigenvalue weighted by molar-refractivity contribution is 7.71. The van der Waals surface area contributed by atoms with Crippen LogP contribution in [0.5, 0.6) is 0 Å². The summed E-state index contributed by atoms with van der Waals surface area (Å²) in [5.74, 6) is -4.71. The molecule has 0 amide bonds. The third-order valence-corrected chi connectivity index (χ3v) is 16.6. The minimum atomic E-state index is -5.29. The molecule has 0 aromatic carbocycles. The van der Waals surface area contributed by atoms with Gasteiger partial charge in [-0.15, -0.1) is 0 Å². The van der Waals surface area contributed by atoms with Crippen LogP contribution in [0.4, 0.5) is 0 Å². The zero-order chi connectivity index (χ0) is 24.8. The molecule has 3 saturated heterocycles. The van der Waals surface area contributed by atoms with Crippen LogP contribution in [0.1, 0.15) is 0 Å². The van der Waals surface area contributed by atoms with Crippen molar-refractivity contribution in [2.45, 2.75) is 36.6 Å². The van der Waals surface area contributed by atoms with E-state index in [1.54, 1.807) is 0 Å². The minimum absolute atomic E-state index is 1.50. The molecule has 192 valence electrons. The van der Waals surface area contributed by atoms with E-state index in [2.05, 4.69) is 0 Å². The third kappa shape index (κ3) is 5.91. The van der Waals surface area contributed by atoms with Crippen LogP contribution in [-0.4, -0.2) is 73.9 Å². The molecule has 12 unspecified atom stereocenters. The fourth-order valence-electron chi connectivity index (χ4n) is 3.84. The highest BCUT2D eigenvalue weighted by Crippen LogP contribution is 2.70. The molecule has 0 spiro atoms. The zero-order valence-corrected chi connectivity index (χ0v) is 21.1. The number of hydrogen-bond acceptors (Lipinski definition) is 14. The maximum atomic E-state index is 12.3. The summed E-state index contributed by atoms with van der Waals surface area (Å²) in [7, 11) is -30.9. The van der Waals surface area contributed by atoms with Crippen molar-refractivity contribution >= 4 is 45.6 Å². The summed E-state index contributed by atoms with van der Waals surface area (Å²) in [6.45, 7) is 0. The molecule has 12 atom stereocenters. The van der Waals surface area contributed by atoms with Crippen LogP contribution in [0.25, 0.3) is 0 Å². The van der Waals surface area contributed by atoms with Crippen LogP contribution in [0.15, 0.2) is 0 Å². The van der Waals surface area contributed by atoms with Gasteiger partial charge in [0.25, 0.3) is 0 Å². The second-order valence-electron chi connectivity index (χ2n) is 7.62. The van der Waals surface area contributed by atoms with Gasteiger partial charge in [0.2, 0.25) is 0 Å². The highest BCUT2D eigenvalue weighted by Gasteiger charge is 2.65. The molecule has 18 nitrogen and oxygen atoms in total. The maximum Gasteiger partial charge on any atom is 0.340 e. The van der Waals surface area contributed by atoms with E-state index in [1.165, 1.54) is 0 Å². The number of hydrogen-bond donors (Lipinski definition) is 4. The van der Waals surface area contributed by atoms with Crippen LogP contribution >= 0.6 is 45.6 Å². The van der Waals surface area contributed by atoms with Gasteiger partial charge in [0.05, 0.1) is 0 Å². The summed E-state index contributed by atoms with van der Waals surface area (Å²) in [5, 5.41) is 0. The molecule has 3 heterocycles. The van der Waals surface area contributed by atoms with E-state index in [4.69, 9.17) is 27.1 Å². The van der Waals surface area contributed by atoms with E-state index in [0.29, 0.717) is 0 Å². The Morgan fingerprint density at radius 3 is 0.939 bits per heavy atom. The van der Waals surface area contributed by atoms with Crippen molar-refractivity contribution < 1.29 is 83.9 Å². The van der Waals surface area contributed by atoms with Gasteiger partial charge in [-0.05, 0) is 0 Å². The Balaban J connectivity index is 1.92. The van der Waals surface area contributed by atoms with Crippen molar-refractivity contribution in [1.29, 1.82) is 0 Å². The van der Waals surface area contributed by atoms with Crippen LogP contribution in [0.2, 0.25) is 0 Å². The summed E-state index contributed by atoms with van der Waals surface area (Å²) in [4.78, 5) is 64.3. The smallest absolute Gasteiger partial charge is 0.340 e. The quantitative estimate of drug-likeness (QED) is 0.245. The Hall–Kier alpha value is 0.900. The summed E-state index contributed by atoms with van der Waals surface area (Å²) >= 11 is 0. The largest absolute Gasteiger partial charge is 0.778 e. The first-order chi connectivity index (χ1) is 14.7. The predicted octanol–water partition coefficient (Wildman–Crippen LogP) is -0.927. The Labute approximate surface area is 184 Å². The Bertz CT molecular complexity index is 899. The first-order valence-corrected chi connectivity index (χ1v) is 19.2. The SMILES string of the molecule is O=P1([O-])CP(=O)(O)OC2C(O1)C1OP(=O)([O-])CP(=O)(O)OC1C1OP(=O)(O)CP(=O)(O)OC21. The maximum absolute atomic E-state index is 12.3. The number of rotatable bonds is 0. The lowest BCUT2D eigenvalue weighted by atomic mass is 9.85. The van der Waals surface area contributed by atoms with Crippen molar-refractivity contribution in [2.24, 2.45) is 0 Å². The van der Waals surface area contributed by atoms with Crippen LogP contribution in [0, 0.1) is 0 Å². The topological polar surface area (TPSA) is 285 Å². The fourth-order valence-corrected chi connectivity index (χ4v) is 14.4. The molecule has 4 rings (SSSR count). The van der Waals surface area contributed by atoms with Gasteiger partial charge in [-0.1, -0.05) is 0 Å². The van der Waals surface area contributed by atoms with Crippen molar-refractivity contribution in [3.8, 4) is 0 Å². The van der Waals surface area contributed by atoms with Crippen LogP contribution in [-0.2, 0) is 54.5 Å². The van der Waals surface area contributed by atoms with Gasteiger partial charge in [0.15, 0.2) is 5.90 Å². The normalized spacial score (nSPS) is 62.0. The number of fused-ring (bicyclic) bond motifs is 6. The van der Waals surface area contributed by atoms with Gasteiger partial charge in [-0.3, -0.25) is 36.4 Å². The molecule has 0 aromatic rings. The first-order valence-electron chi connectivity index (χ1n) is 8.67. The van der Waals surface area contributed by atoms with E-state index < -0.39 is 99.9 Å². The molecule has 0 aromatic heterocycles. The Morgan fingerprint density at radius 2 is 0.667 bits per heavy atom. The molecular weight excluding hydrogens is 582 g/mol. The lowest BCUT2D eigenvalue weighted by Gasteiger charge is -2.48. The van der Waals surface area contributed by atoms with Gasteiger partial charge in [-0.2, -0.15) is 0 Å². The lowest BCUT2D eigenvalue weighted by molar-refractivity contribution is -0.240. The monoisotopic (exact) mass is 598 g/mol. The molecule has 4 N–H and O–H groups in total. The molecule has 4 aliphatic rings. The average Bonchev–Trinajstić information content (AvgIpc) is 2.74. The highest BCUT2D eigenvalue weighted by atomic mass is 31.2. The molecule has 33 heavy (non-hydrogen) atoms. The molecule has 0 radical (unpaired) electrons. The lowest BCUT2D eigenvalue weighted by Crippen LogP contribution is -2.65. The summed E-state index contributed by atoms with van der Waals surface area (Å²) in [6.07, 6.45) is -13.3. The fraction of sp³-hybridized carbons (Fsp3) is 1.00. The van der Waals surface area contributed by atoms with Crippen molar-refractivity contribution in [1.82, 2.24) is 0 Å². The summed E-state index contributed by atoms with van der Waals surface area (Å²) in [6, 6.07) is 0. The summed E-state index contributed by atoms with van der Waals surface area (Å²) < 4.78 is 103. The van der Waals surface area contributed by atoms with Crippen molar-refractivity contribution in [2.75, 3.05) is 17.7 Å². The standard InChI is InChI=1S/C9H18O18P6/c10-28(11)1-29(12,13)23-5-4(22-28)6-8(26-32(18,19)2-30(14,15)24-6)9-7(5)25-31(16,17)3-33(20,21)27-9/h4-9H,1-3H2,(H,10,11)(H,12,13)(H,14,15)(H,16,17)(H,18,19)(H,20,21)/p-2. The molecule has 1 saturated carbocycles. The van der Waals surface area contributed by atoms with Gasteiger partial charge < -0.3 is 47.5 Å².